The number of aliphatic hydroxyl groups excluding tert-OH is 1. The zero-order valence-electron chi connectivity index (χ0n) is 8.62. The second-order valence-electron chi connectivity index (χ2n) is 4.03. The van der Waals surface area contributed by atoms with E-state index in [0.29, 0.717) is 6.04 Å². The van der Waals surface area contributed by atoms with Gasteiger partial charge in [-0.2, -0.15) is 0 Å². The number of hydrogen-bond donors (Lipinski definition) is 2. The highest BCUT2D eigenvalue weighted by Gasteiger charge is 2.22. The van der Waals surface area contributed by atoms with Gasteiger partial charge in [0.25, 0.3) is 0 Å². The van der Waals surface area contributed by atoms with Crippen LogP contribution in [0.25, 0.3) is 0 Å². The molecule has 2 rings (SSSR count). The van der Waals surface area contributed by atoms with Gasteiger partial charge in [0.2, 0.25) is 0 Å². The maximum Gasteiger partial charge on any atom is 0.129 e. The van der Waals surface area contributed by atoms with E-state index < -0.39 is 6.10 Å². The lowest BCUT2D eigenvalue weighted by Crippen LogP contribution is -2.06. The van der Waals surface area contributed by atoms with Crippen LogP contribution in [-0.2, 0) is 0 Å². The Kier molecular flexibility index (Phi) is 2.42. The number of nitrogens with zero attached hydrogens (tertiary/aromatic N) is 1. The maximum absolute atomic E-state index is 9.37. The van der Waals surface area contributed by atoms with Crippen molar-refractivity contribution in [1.82, 2.24) is 4.98 Å². The number of anilines is 1. The summed E-state index contributed by atoms with van der Waals surface area (Å²) in [5.74, 6) is 0.955. The minimum absolute atomic E-state index is 0.434. The number of rotatable bonds is 3. The van der Waals surface area contributed by atoms with Crippen molar-refractivity contribution in [3.05, 3.63) is 23.4 Å². The lowest BCUT2D eigenvalue weighted by Gasteiger charge is -2.10. The fourth-order valence-electron chi connectivity index (χ4n) is 1.40. The lowest BCUT2D eigenvalue weighted by atomic mass is 10.1. The van der Waals surface area contributed by atoms with Crippen molar-refractivity contribution in [3.63, 3.8) is 0 Å². The molecule has 1 aromatic heterocycles. The summed E-state index contributed by atoms with van der Waals surface area (Å²) in [5.41, 5.74) is 1.99. The highest BCUT2D eigenvalue weighted by Crippen LogP contribution is 2.26. The Labute approximate surface area is 84.2 Å². The van der Waals surface area contributed by atoms with Crippen molar-refractivity contribution < 1.29 is 5.11 Å². The molecule has 0 aliphatic heterocycles. The first-order valence-electron chi connectivity index (χ1n) is 5.08. The smallest absolute Gasteiger partial charge is 0.129 e. The molecule has 1 saturated carbocycles. The van der Waals surface area contributed by atoms with Crippen molar-refractivity contribution >= 4 is 5.82 Å². The van der Waals surface area contributed by atoms with Crippen molar-refractivity contribution in [2.24, 2.45) is 0 Å². The van der Waals surface area contributed by atoms with E-state index in [9.17, 15) is 5.11 Å². The molecule has 0 saturated heterocycles. The van der Waals surface area contributed by atoms with Gasteiger partial charge in [-0.1, -0.05) is 0 Å². The normalized spacial score (nSPS) is 17.9. The predicted octanol–water partition coefficient (Wildman–Crippen LogP) is 2.02. The Bertz CT molecular complexity index is 332. The molecule has 1 aliphatic rings. The molecule has 1 aliphatic carbocycles. The van der Waals surface area contributed by atoms with Gasteiger partial charge in [0, 0.05) is 12.2 Å². The van der Waals surface area contributed by atoms with Gasteiger partial charge in [0.05, 0.1) is 6.10 Å². The summed E-state index contributed by atoms with van der Waals surface area (Å²) < 4.78 is 0. The monoisotopic (exact) mass is 192 g/mol. The molecule has 1 atom stereocenters. The van der Waals surface area contributed by atoms with Crippen LogP contribution in [0.1, 0.15) is 37.0 Å². The molecule has 0 radical (unpaired) electrons. The zero-order chi connectivity index (χ0) is 10.1. The molecular formula is C11H16N2O. The van der Waals surface area contributed by atoms with E-state index in [1.807, 2.05) is 13.0 Å². The molecule has 0 spiro atoms. The highest BCUT2D eigenvalue weighted by atomic mass is 16.3. The van der Waals surface area contributed by atoms with Crippen LogP contribution in [0, 0.1) is 6.92 Å². The molecular weight excluding hydrogens is 176 g/mol. The van der Waals surface area contributed by atoms with E-state index in [-0.39, 0.29) is 0 Å². The minimum atomic E-state index is -0.434. The molecule has 1 fully saturated rings. The first-order chi connectivity index (χ1) is 6.66. The van der Waals surface area contributed by atoms with E-state index >= 15 is 0 Å². The van der Waals surface area contributed by atoms with Gasteiger partial charge in [-0.25, -0.2) is 4.98 Å². The first-order valence-corrected chi connectivity index (χ1v) is 5.08. The minimum Gasteiger partial charge on any atom is -0.389 e. The third-order valence-electron chi connectivity index (χ3n) is 2.50. The summed E-state index contributed by atoms with van der Waals surface area (Å²) in [6, 6.07) is 2.61. The molecule has 2 N–H and O–H groups in total. The molecule has 3 nitrogen and oxygen atoms in total. The average molecular weight is 192 g/mol. The number of aromatic nitrogens is 1. The number of hydrogen-bond acceptors (Lipinski definition) is 3. The molecule has 1 heterocycles. The van der Waals surface area contributed by atoms with Crippen molar-refractivity contribution in [1.29, 1.82) is 0 Å². The van der Waals surface area contributed by atoms with Crippen molar-refractivity contribution in [2.75, 3.05) is 5.32 Å². The van der Waals surface area contributed by atoms with Crippen LogP contribution in [0.4, 0.5) is 5.82 Å². The van der Waals surface area contributed by atoms with Crippen LogP contribution in [0.3, 0.4) is 0 Å². The number of pyridine rings is 1. The maximum atomic E-state index is 9.37. The van der Waals surface area contributed by atoms with E-state index in [2.05, 4.69) is 10.3 Å². The van der Waals surface area contributed by atoms with Crippen LogP contribution in [0.5, 0.6) is 0 Å². The van der Waals surface area contributed by atoms with Gasteiger partial charge >= 0.3 is 0 Å². The number of aliphatic hydroxyl groups is 1. The third-order valence-corrected chi connectivity index (χ3v) is 2.50. The second-order valence-corrected chi connectivity index (χ2v) is 4.03. The molecule has 0 amide bonds. The second kappa shape index (κ2) is 3.58. The van der Waals surface area contributed by atoms with Gasteiger partial charge in [-0.15, -0.1) is 0 Å². The van der Waals surface area contributed by atoms with E-state index in [1.165, 1.54) is 12.8 Å². The molecule has 14 heavy (non-hydrogen) atoms. The summed E-state index contributed by atoms with van der Waals surface area (Å²) in [5, 5.41) is 12.7. The van der Waals surface area contributed by atoms with Crippen molar-refractivity contribution in [3.8, 4) is 0 Å². The standard InChI is InChI=1S/C11H16N2O/c1-7-5-9(8(2)14)6-12-11(7)13-10-3-4-10/h5-6,8,10,14H,3-4H2,1-2H3,(H,12,13)/t8-/m0/s1. The Hall–Kier alpha value is -1.09. The summed E-state index contributed by atoms with van der Waals surface area (Å²) in [7, 11) is 0. The number of nitrogens with one attached hydrogen (secondary N) is 1. The van der Waals surface area contributed by atoms with Crippen LogP contribution in [0.15, 0.2) is 12.3 Å². The van der Waals surface area contributed by atoms with E-state index in [4.69, 9.17) is 0 Å². The predicted molar refractivity (Wildman–Crippen MR) is 56.3 cm³/mol. The van der Waals surface area contributed by atoms with Crippen LogP contribution in [-0.4, -0.2) is 16.1 Å². The number of aryl methyl sites for hydroxylation is 1. The summed E-state index contributed by atoms with van der Waals surface area (Å²) in [6.45, 7) is 3.77. The quantitative estimate of drug-likeness (QED) is 0.770. The van der Waals surface area contributed by atoms with Crippen LogP contribution in [0.2, 0.25) is 0 Å². The molecule has 0 bridgehead atoms. The highest BCUT2D eigenvalue weighted by molar-refractivity contribution is 5.46. The van der Waals surface area contributed by atoms with E-state index in [0.717, 1.165) is 16.9 Å². The summed E-state index contributed by atoms with van der Waals surface area (Å²) in [6.07, 6.45) is 3.80. The molecule has 0 unspecified atom stereocenters. The van der Waals surface area contributed by atoms with Gasteiger partial charge in [0.1, 0.15) is 5.82 Å². The fraction of sp³-hybridized carbons (Fsp3) is 0.545. The Morgan fingerprint density at radius 2 is 2.29 bits per heavy atom. The zero-order valence-corrected chi connectivity index (χ0v) is 8.62. The average Bonchev–Trinajstić information content (AvgIpc) is 2.92. The van der Waals surface area contributed by atoms with E-state index in [1.54, 1.807) is 13.1 Å². The van der Waals surface area contributed by atoms with Gasteiger partial charge in [-0.05, 0) is 43.9 Å². The van der Waals surface area contributed by atoms with Gasteiger partial charge in [-0.3, -0.25) is 0 Å². The Morgan fingerprint density at radius 3 is 2.79 bits per heavy atom. The van der Waals surface area contributed by atoms with Gasteiger partial charge in [0.15, 0.2) is 0 Å². The molecule has 0 aromatic carbocycles. The fourth-order valence-corrected chi connectivity index (χ4v) is 1.40. The molecule has 3 heteroatoms. The largest absolute Gasteiger partial charge is 0.389 e. The summed E-state index contributed by atoms with van der Waals surface area (Å²) in [4.78, 5) is 4.31. The van der Waals surface area contributed by atoms with Gasteiger partial charge < -0.3 is 10.4 Å². The Morgan fingerprint density at radius 1 is 1.57 bits per heavy atom. The van der Waals surface area contributed by atoms with Crippen LogP contribution < -0.4 is 5.32 Å². The SMILES string of the molecule is Cc1cc([C@H](C)O)cnc1NC1CC1. The molecule has 76 valence electrons. The van der Waals surface area contributed by atoms with Crippen molar-refractivity contribution in [2.45, 2.75) is 38.8 Å². The first kappa shape index (κ1) is 9.46. The van der Waals surface area contributed by atoms with Crippen LogP contribution >= 0.6 is 0 Å². The molecule has 1 aromatic rings. The Balaban J connectivity index is 2.17. The summed E-state index contributed by atoms with van der Waals surface area (Å²) >= 11 is 0. The lowest BCUT2D eigenvalue weighted by molar-refractivity contribution is 0.199. The third kappa shape index (κ3) is 2.04. The topological polar surface area (TPSA) is 45.2 Å².